The van der Waals surface area contributed by atoms with E-state index in [2.05, 4.69) is 0 Å². The molecule has 0 unspecified atom stereocenters. The first-order valence-electron chi connectivity index (χ1n) is 11.6. The Kier molecular flexibility index (Phi) is 7.40. The van der Waals surface area contributed by atoms with Crippen molar-refractivity contribution >= 4 is 15.9 Å². The standard InChI is InChI=1S/C24H23F7N2O5S/c25-18-5-7-19(8-6-18)39(36,37)21(9-10-33(15-21)20(34)32-11-13-38-14-12-32)16-1-3-17(4-2-16)22(35,23(26,27)28)24(29,30)31/h1-8,35H,9-15H2/t21-/m1/s1. The number of halogens is 7. The van der Waals surface area contributed by atoms with Crippen LogP contribution in [0, 0.1) is 5.82 Å². The number of ether oxygens (including phenoxy) is 1. The van der Waals surface area contributed by atoms with Crippen molar-refractivity contribution in [3.63, 3.8) is 0 Å². The molecule has 2 amide bonds. The quantitative estimate of drug-likeness (QED) is 0.435. The number of likely N-dealkylation sites (tertiary alicyclic amines) is 1. The van der Waals surface area contributed by atoms with Crippen LogP contribution in [-0.2, 0) is 24.9 Å². The molecule has 0 spiro atoms. The zero-order valence-electron chi connectivity index (χ0n) is 20.1. The molecule has 7 nitrogen and oxygen atoms in total. The first-order valence-corrected chi connectivity index (χ1v) is 13.1. The van der Waals surface area contributed by atoms with Crippen LogP contribution in [0.2, 0.25) is 0 Å². The van der Waals surface area contributed by atoms with Crippen molar-refractivity contribution in [1.29, 1.82) is 0 Å². The second kappa shape index (κ2) is 9.93. The van der Waals surface area contributed by atoms with Gasteiger partial charge in [0.15, 0.2) is 9.84 Å². The minimum absolute atomic E-state index is 0.0899. The van der Waals surface area contributed by atoms with E-state index < -0.39 is 56.5 Å². The smallest absolute Gasteiger partial charge is 0.378 e. The fraction of sp³-hybridized carbons (Fsp3) is 0.458. The highest BCUT2D eigenvalue weighted by molar-refractivity contribution is 7.92. The van der Waals surface area contributed by atoms with Gasteiger partial charge in [-0.2, -0.15) is 26.3 Å². The highest BCUT2D eigenvalue weighted by Crippen LogP contribution is 2.51. The van der Waals surface area contributed by atoms with Crippen molar-refractivity contribution in [2.75, 3.05) is 39.4 Å². The summed E-state index contributed by atoms with van der Waals surface area (Å²) in [5, 5.41) is 9.73. The average molecular weight is 585 g/mol. The number of sulfone groups is 1. The number of alkyl halides is 6. The van der Waals surface area contributed by atoms with E-state index in [1.807, 2.05) is 0 Å². The molecule has 0 bridgehead atoms. The number of amides is 2. The van der Waals surface area contributed by atoms with E-state index in [0.29, 0.717) is 12.1 Å². The molecule has 0 aliphatic carbocycles. The van der Waals surface area contributed by atoms with Gasteiger partial charge in [0.25, 0.3) is 5.60 Å². The zero-order valence-corrected chi connectivity index (χ0v) is 20.9. The Bertz CT molecular complexity index is 1290. The van der Waals surface area contributed by atoms with Gasteiger partial charge in [-0.05, 0) is 36.2 Å². The van der Waals surface area contributed by atoms with Crippen LogP contribution in [0.1, 0.15) is 17.5 Å². The van der Waals surface area contributed by atoms with Gasteiger partial charge in [-0.1, -0.05) is 24.3 Å². The molecule has 2 saturated heterocycles. The maximum Gasteiger partial charge on any atom is 0.430 e. The SMILES string of the molecule is O=C(N1CCOCC1)N1CC[C@@](c2ccc(C(O)(C(F)(F)F)C(F)(F)F)cc2)(S(=O)(=O)c2ccc(F)cc2)C1. The molecule has 1 N–H and O–H groups in total. The number of carbonyl (C=O) groups excluding carboxylic acids is 1. The van der Waals surface area contributed by atoms with E-state index >= 15 is 0 Å². The summed E-state index contributed by atoms with van der Waals surface area (Å²) in [5.41, 5.74) is -6.95. The number of benzene rings is 2. The lowest BCUT2D eigenvalue weighted by Gasteiger charge is -2.34. The van der Waals surface area contributed by atoms with Gasteiger partial charge < -0.3 is 19.6 Å². The lowest BCUT2D eigenvalue weighted by Crippen LogP contribution is -2.54. The van der Waals surface area contributed by atoms with Gasteiger partial charge in [-0.15, -0.1) is 0 Å². The Morgan fingerprint density at radius 2 is 1.38 bits per heavy atom. The van der Waals surface area contributed by atoms with Gasteiger partial charge in [0.05, 0.1) is 18.1 Å². The van der Waals surface area contributed by atoms with Crippen molar-refractivity contribution in [2.24, 2.45) is 0 Å². The van der Waals surface area contributed by atoms with Crippen LogP contribution < -0.4 is 0 Å². The summed E-state index contributed by atoms with van der Waals surface area (Å²) >= 11 is 0. The van der Waals surface area contributed by atoms with Gasteiger partial charge in [-0.3, -0.25) is 0 Å². The van der Waals surface area contributed by atoms with Gasteiger partial charge in [0.1, 0.15) is 10.6 Å². The minimum Gasteiger partial charge on any atom is -0.378 e. The summed E-state index contributed by atoms with van der Waals surface area (Å²) in [4.78, 5) is 15.4. The Balaban J connectivity index is 1.80. The highest BCUT2D eigenvalue weighted by atomic mass is 32.2. The highest BCUT2D eigenvalue weighted by Gasteiger charge is 2.71. The molecular weight excluding hydrogens is 561 g/mol. The Hall–Kier alpha value is -2.91. The number of rotatable bonds is 4. The van der Waals surface area contributed by atoms with Crippen LogP contribution in [0.4, 0.5) is 35.5 Å². The predicted molar refractivity (Wildman–Crippen MR) is 122 cm³/mol. The van der Waals surface area contributed by atoms with E-state index in [4.69, 9.17) is 4.74 Å². The van der Waals surface area contributed by atoms with Crippen LogP contribution >= 0.6 is 0 Å². The van der Waals surface area contributed by atoms with Crippen molar-refractivity contribution in [3.05, 3.63) is 65.5 Å². The Morgan fingerprint density at radius 3 is 1.90 bits per heavy atom. The largest absolute Gasteiger partial charge is 0.430 e. The third-order valence-corrected chi connectivity index (χ3v) is 9.56. The van der Waals surface area contributed by atoms with Gasteiger partial charge >= 0.3 is 18.4 Å². The number of nitrogens with zero attached hydrogens (tertiary/aromatic N) is 2. The fourth-order valence-electron chi connectivity index (χ4n) is 4.85. The third-order valence-electron chi connectivity index (χ3n) is 7.07. The number of hydrogen-bond donors (Lipinski definition) is 1. The number of carbonyl (C=O) groups is 1. The molecule has 0 radical (unpaired) electrons. The number of morpholine rings is 1. The molecular formula is C24H23F7N2O5S. The summed E-state index contributed by atoms with van der Waals surface area (Å²) in [5.74, 6) is -0.735. The lowest BCUT2D eigenvalue weighted by molar-refractivity contribution is -0.376. The molecule has 2 heterocycles. The van der Waals surface area contributed by atoms with Crippen molar-refractivity contribution in [2.45, 2.75) is 34.0 Å². The van der Waals surface area contributed by atoms with E-state index in [0.717, 1.165) is 36.4 Å². The second-order valence-corrected chi connectivity index (χ2v) is 11.5. The van der Waals surface area contributed by atoms with Crippen LogP contribution in [0.15, 0.2) is 53.4 Å². The number of hydrogen-bond acceptors (Lipinski definition) is 5. The van der Waals surface area contributed by atoms with E-state index in [1.165, 1.54) is 9.80 Å². The second-order valence-electron chi connectivity index (χ2n) is 9.29. The first kappa shape index (κ1) is 29.1. The molecule has 2 aliphatic rings. The molecule has 39 heavy (non-hydrogen) atoms. The molecule has 0 aromatic heterocycles. The maximum atomic E-state index is 13.9. The summed E-state index contributed by atoms with van der Waals surface area (Å²) < 4.78 is 125. The van der Waals surface area contributed by atoms with Crippen molar-refractivity contribution < 1.29 is 53.8 Å². The Morgan fingerprint density at radius 1 is 0.846 bits per heavy atom. The molecule has 2 aliphatic heterocycles. The fourth-order valence-corrected chi connectivity index (χ4v) is 6.93. The molecule has 214 valence electrons. The van der Waals surface area contributed by atoms with Crippen LogP contribution in [-0.4, -0.2) is 81.1 Å². The molecule has 2 fully saturated rings. The molecule has 15 heteroatoms. The Labute approximate surface area is 218 Å². The monoisotopic (exact) mass is 584 g/mol. The van der Waals surface area contributed by atoms with E-state index in [-0.39, 0.29) is 49.7 Å². The van der Waals surface area contributed by atoms with Crippen LogP contribution in [0.3, 0.4) is 0 Å². The summed E-state index contributed by atoms with van der Waals surface area (Å²) in [6.07, 6.45) is -12.5. The molecule has 1 atom stereocenters. The number of aliphatic hydroxyl groups is 1. The van der Waals surface area contributed by atoms with Gasteiger partial charge in [0.2, 0.25) is 0 Å². The van der Waals surface area contributed by atoms with Crippen molar-refractivity contribution in [3.8, 4) is 0 Å². The summed E-state index contributed by atoms with van der Waals surface area (Å²) in [6, 6.07) is 5.51. The zero-order chi connectivity index (χ0) is 28.9. The van der Waals surface area contributed by atoms with E-state index in [1.54, 1.807) is 0 Å². The molecule has 0 saturated carbocycles. The topological polar surface area (TPSA) is 87.2 Å². The van der Waals surface area contributed by atoms with Crippen molar-refractivity contribution in [1.82, 2.24) is 9.80 Å². The lowest BCUT2D eigenvalue weighted by atomic mass is 9.89. The van der Waals surface area contributed by atoms with Gasteiger partial charge in [0, 0.05) is 31.7 Å². The van der Waals surface area contributed by atoms with E-state index in [9.17, 15) is 49.1 Å². The van der Waals surface area contributed by atoms with Crippen LogP contribution in [0.25, 0.3) is 0 Å². The maximum absolute atomic E-state index is 13.9. The first-order chi connectivity index (χ1) is 18.0. The minimum atomic E-state index is -6.13. The molecule has 4 rings (SSSR count). The third kappa shape index (κ3) is 4.84. The molecule has 2 aromatic rings. The van der Waals surface area contributed by atoms with Gasteiger partial charge in [-0.25, -0.2) is 17.6 Å². The normalized spacial score (nSPS) is 21.3. The summed E-state index contributed by atoms with van der Waals surface area (Å²) in [6.45, 7) is 0.464. The van der Waals surface area contributed by atoms with Crippen LogP contribution in [0.5, 0.6) is 0 Å². The predicted octanol–water partition coefficient (Wildman–Crippen LogP) is 3.97. The average Bonchev–Trinajstić information content (AvgIpc) is 3.35. The number of urea groups is 1. The molecule has 2 aromatic carbocycles. The summed E-state index contributed by atoms with van der Waals surface area (Å²) in [7, 11) is -4.48.